The first-order chi connectivity index (χ1) is 8.25. The maximum Gasteiger partial charge on any atom is 0.157 e. The Labute approximate surface area is 108 Å². The van der Waals surface area contributed by atoms with Gasteiger partial charge in [0.1, 0.15) is 5.15 Å². The standard InChI is InChI=1S/C12H7Cl2N3/c13-8-3-4-11(14)16-12(8)17-7-5-9-10(17)2-1-6-15-9/h1-7H. The first-order valence-electron chi connectivity index (χ1n) is 5.00. The highest BCUT2D eigenvalue weighted by Crippen LogP contribution is 2.24. The summed E-state index contributed by atoms with van der Waals surface area (Å²) in [5, 5.41) is 0.964. The van der Waals surface area contributed by atoms with Crippen LogP contribution in [-0.4, -0.2) is 14.5 Å². The fourth-order valence-electron chi connectivity index (χ4n) is 1.73. The second-order valence-corrected chi connectivity index (χ2v) is 4.33. The smallest absolute Gasteiger partial charge is 0.157 e. The molecule has 0 aromatic carbocycles. The van der Waals surface area contributed by atoms with Crippen molar-refractivity contribution in [3.63, 3.8) is 0 Å². The molecule has 0 atom stereocenters. The second kappa shape index (κ2) is 4.02. The van der Waals surface area contributed by atoms with E-state index in [-0.39, 0.29) is 0 Å². The van der Waals surface area contributed by atoms with Gasteiger partial charge in [-0.15, -0.1) is 0 Å². The van der Waals surface area contributed by atoms with Crippen LogP contribution in [0.3, 0.4) is 0 Å². The van der Waals surface area contributed by atoms with Gasteiger partial charge in [0.15, 0.2) is 5.82 Å². The summed E-state index contributed by atoms with van der Waals surface area (Å²) in [6, 6.07) is 9.14. The number of fused-ring (bicyclic) bond motifs is 1. The molecule has 3 nitrogen and oxygen atoms in total. The number of rotatable bonds is 1. The van der Waals surface area contributed by atoms with Gasteiger partial charge < -0.3 is 0 Å². The molecule has 0 N–H and O–H groups in total. The van der Waals surface area contributed by atoms with Crippen molar-refractivity contribution in [3.05, 3.63) is 52.9 Å². The van der Waals surface area contributed by atoms with E-state index in [2.05, 4.69) is 9.97 Å². The van der Waals surface area contributed by atoms with Gasteiger partial charge in [-0.1, -0.05) is 23.2 Å². The summed E-state index contributed by atoms with van der Waals surface area (Å²) in [7, 11) is 0. The van der Waals surface area contributed by atoms with Crippen molar-refractivity contribution >= 4 is 34.2 Å². The van der Waals surface area contributed by atoms with E-state index in [1.807, 2.05) is 29.0 Å². The Morgan fingerprint density at radius 2 is 1.94 bits per heavy atom. The molecule has 3 heterocycles. The van der Waals surface area contributed by atoms with Crippen LogP contribution in [0.2, 0.25) is 10.2 Å². The maximum absolute atomic E-state index is 6.13. The fraction of sp³-hybridized carbons (Fsp3) is 0. The SMILES string of the molecule is Clc1ccc(Cl)c(-n2ccc3ncccc32)n1. The summed E-state index contributed by atoms with van der Waals surface area (Å²) >= 11 is 12.0. The quantitative estimate of drug-likeness (QED) is 0.627. The summed E-state index contributed by atoms with van der Waals surface area (Å²) in [5.74, 6) is 0.613. The van der Waals surface area contributed by atoms with Crippen LogP contribution in [0, 0.1) is 0 Å². The van der Waals surface area contributed by atoms with Crippen LogP contribution >= 0.6 is 23.2 Å². The molecule has 0 saturated carbocycles. The highest BCUT2D eigenvalue weighted by Gasteiger charge is 2.09. The molecule has 0 spiro atoms. The summed E-state index contributed by atoms with van der Waals surface area (Å²) in [5.41, 5.74) is 1.84. The average molecular weight is 264 g/mol. The van der Waals surface area contributed by atoms with Gasteiger partial charge in [-0.3, -0.25) is 9.55 Å². The molecule has 5 heteroatoms. The molecular weight excluding hydrogens is 257 g/mol. The Morgan fingerprint density at radius 3 is 2.82 bits per heavy atom. The largest absolute Gasteiger partial charge is 0.298 e. The minimum absolute atomic E-state index is 0.412. The summed E-state index contributed by atoms with van der Waals surface area (Å²) in [4.78, 5) is 8.49. The van der Waals surface area contributed by atoms with Gasteiger partial charge in [-0.25, -0.2) is 4.98 Å². The molecule has 0 amide bonds. The molecule has 3 aromatic rings. The van der Waals surface area contributed by atoms with E-state index < -0.39 is 0 Å². The van der Waals surface area contributed by atoms with Crippen LogP contribution in [0.25, 0.3) is 16.9 Å². The molecule has 0 aliphatic carbocycles. The van der Waals surface area contributed by atoms with E-state index in [0.29, 0.717) is 16.0 Å². The van der Waals surface area contributed by atoms with Crippen molar-refractivity contribution < 1.29 is 0 Å². The van der Waals surface area contributed by atoms with E-state index in [0.717, 1.165) is 11.0 Å². The zero-order chi connectivity index (χ0) is 11.8. The molecule has 0 aliphatic heterocycles. The zero-order valence-corrected chi connectivity index (χ0v) is 10.2. The number of nitrogens with zero attached hydrogens (tertiary/aromatic N) is 3. The Morgan fingerprint density at radius 1 is 1.06 bits per heavy atom. The van der Waals surface area contributed by atoms with Crippen LogP contribution in [0.4, 0.5) is 0 Å². The van der Waals surface area contributed by atoms with Gasteiger partial charge in [-0.2, -0.15) is 0 Å². The molecular formula is C12H7Cl2N3. The van der Waals surface area contributed by atoms with Crippen LogP contribution in [0.1, 0.15) is 0 Å². The molecule has 17 heavy (non-hydrogen) atoms. The van der Waals surface area contributed by atoms with Gasteiger partial charge in [0.2, 0.25) is 0 Å². The highest BCUT2D eigenvalue weighted by atomic mass is 35.5. The van der Waals surface area contributed by atoms with Gasteiger partial charge >= 0.3 is 0 Å². The van der Waals surface area contributed by atoms with Crippen LogP contribution < -0.4 is 0 Å². The number of aromatic nitrogens is 3. The molecule has 0 saturated heterocycles. The molecule has 0 radical (unpaired) electrons. The lowest BCUT2D eigenvalue weighted by molar-refractivity contribution is 1.04. The molecule has 84 valence electrons. The topological polar surface area (TPSA) is 30.7 Å². The highest BCUT2D eigenvalue weighted by molar-refractivity contribution is 6.33. The Kier molecular flexibility index (Phi) is 2.50. The average Bonchev–Trinajstić information content (AvgIpc) is 2.76. The lowest BCUT2D eigenvalue weighted by atomic mass is 10.4. The Bertz CT molecular complexity index is 691. The maximum atomic E-state index is 6.13. The minimum Gasteiger partial charge on any atom is -0.298 e. The number of hydrogen-bond acceptors (Lipinski definition) is 2. The summed E-state index contributed by atoms with van der Waals surface area (Å²) in [6.45, 7) is 0. The predicted octanol–water partition coefficient (Wildman–Crippen LogP) is 3.73. The number of pyridine rings is 2. The van der Waals surface area contributed by atoms with Crippen LogP contribution in [0.5, 0.6) is 0 Å². The molecule has 0 unspecified atom stereocenters. The van der Waals surface area contributed by atoms with E-state index in [4.69, 9.17) is 23.2 Å². The second-order valence-electron chi connectivity index (χ2n) is 3.53. The third-order valence-electron chi connectivity index (χ3n) is 2.48. The van der Waals surface area contributed by atoms with Crippen molar-refractivity contribution in [2.24, 2.45) is 0 Å². The summed E-state index contributed by atoms with van der Waals surface area (Å²) < 4.78 is 1.87. The first-order valence-corrected chi connectivity index (χ1v) is 5.76. The van der Waals surface area contributed by atoms with Gasteiger partial charge in [0, 0.05) is 12.4 Å². The van der Waals surface area contributed by atoms with E-state index >= 15 is 0 Å². The van der Waals surface area contributed by atoms with Crippen molar-refractivity contribution in [3.8, 4) is 5.82 Å². The normalized spacial score (nSPS) is 10.9. The third-order valence-corrected chi connectivity index (χ3v) is 2.98. The number of halogens is 2. The lowest BCUT2D eigenvalue weighted by Gasteiger charge is -2.06. The van der Waals surface area contributed by atoms with Gasteiger partial charge in [-0.05, 0) is 30.3 Å². The fourth-order valence-corrected chi connectivity index (χ4v) is 2.07. The van der Waals surface area contributed by atoms with Gasteiger partial charge in [0.05, 0.1) is 16.1 Å². The Balaban J connectivity index is 2.31. The molecule has 0 bridgehead atoms. The first kappa shape index (κ1) is 10.6. The molecule has 3 aromatic heterocycles. The predicted molar refractivity (Wildman–Crippen MR) is 68.9 cm³/mol. The van der Waals surface area contributed by atoms with Gasteiger partial charge in [0.25, 0.3) is 0 Å². The molecule has 3 rings (SSSR count). The van der Waals surface area contributed by atoms with Crippen LogP contribution in [-0.2, 0) is 0 Å². The van der Waals surface area contributed by atoms with E-state index in [1.165, 1.54) is 0 Å². The van der Waals surface area contributed by atoms with Crippen LogP contribution in [0.15, 0.2) is 42.7 Å². The van der Waals surface area contributed by atoms with Crippen molar-refractivity contribution in [2.75, 3.05) is 0 Å². The molecule has 0 aliphatic rings. The van der Waals surface area contributed by atoms with Crippen molar-refractivity contribution in [1.29, 1.82) is 0 Å². The van der Waals surface area contributed by atoms with Crippen molar-refractivity contribution in [2.45, 2.75) is 0 Å². The van der Waals surface area contributed by atoms with E-state index in [1.54, 1.807) is 18.3 Å². The number of hydrogen-bond donors (Lipinski definition) is 0. The summed E-state index contributed by atoms with van der Waals surface area (Å²) in [6.07, 6.45) is 3.63. The lowest BCUT2D eigenvalue weighted by Crippen LogP contribution is -1.97. The Hall–Kier alpha value is -1.58. The third kappa shape index (κ3) is 1.77. The molecule has 0 fully saturated rings. The minimum atomic E-state index is 0.412. The zero-order valence-electron chi connectivity index (χ0n) is 8.64. The van der Waals surface area contributed by atoms with E-state index in [9.17, 15) is 0 Å². The van der Waals surface area contributed by atoms with Crippen molar-refractivity contribution in [1.82, 2.24) is 14.5 Å². The monoisotopic (exact) mass is 263 g/mol.